The molecule has 0 aliphatic carbocycles. The number of aromatic nitrogens is 2. The summed E-state index contributed by atoms with van der Waals surface area (Å²) in [5.41, 5.74) is 1.29. The molecule has 0 amide bonds. The first-order valence-corrected chi connectivity index (χ1v) is 7.65. The van der Waals surface area contributed by atoms with Crippen molar-refractivity contribution in [3.8, 4) is 0 Å². The molecule has 0 fully saturated rings. The second-order valence-electron chi connectivity index (χ2n) is 5.48. The molecule has 0 saturated heterocycles. The minimum atomic E-state index is 0.131. The third-order valence-electron chi connectivity index (χ3n) is 4.39. The monoisotopic (exact) mass is 280 g/mol. The fourth-order valence-corrected chi connectivity index (χ4v) is 3.31. The number of rotatable bonds is 6. The van der Waals surface area contributed by atoms with Gasteiger partial charge in [-0.05, 0) is 34.5 Å². The van der Waals surface area contributed by atoms with E-state index in [9.17, 15) is 0 Å². The van der Waals surface area contributed by atoms with Crippen LogP contribution in [-0.4, -0.2) is 47.0 Å². The molecule has 0 aromatic carbocycles. The van der Waals surface area contributed by atoms with Gasteiger partial charge in [-0.2, -0.15) is 0 Å². The zero-order valence-corrected chi connectivity index (χ0v) is 13.3. The largest absolute Gasteiger partial charge is 0.315 e. The van der Waals surface area contributed by atoms with Crippen LogP contribution in [0.4, 0.5) is 0 Å². The van der Waals surface area contributed by atoms with Crippen LogP contribution in [0.3, 0.4) is 0 Å². The maximum atomic E-state index is 4.69. The highest BCUT2D eigenvalue weighted by molar-refractivity contribution is 7.15. The van der Waals surface area contributed by atoms with Gasteiger partial charge in [-0.25, -0.2) is 4.98 Å². The Morgan fingerprint density at radius 2 is 2.26 bits per heavy atom. The number of likely N-dealkylation sites (N-methyl/N-ethyl adjacent to an activating group) is 2. The molecule has 0 saturated carbocycles. The summed E-state index contributed by atoms with van der Waals surface area (Å²) < 4.78 is 2.10. The van der Waals surface area contributed by atoms with Gasteiger partial charge in [-0.3, -0.25) is 4.40 Å². The molecule has 106 valence electrons. The summed E-state index contributed by atoms with van der Waals surface area (Å²) in [4.78, 5) is 8.08. The van der Waals surface area contributed by atoms with E-state index in [0.717, 1.165) is 23.5 Å². The van der Waals surface area contributed by atoms with Crippen LogP contribution in [0.15, 0.2) is 17.8 Å². The van der Waals surface area contributed by atoms with Crippen LogP contribution in [0, 0.1) is 0 Å². The summed E-state index contributed by atoms with van der Waals surface area (Å²) in [6.07, 6.45) is 6.26. The average molecular weight is 280 g/mol. The van der Waals surface area contributed by atoms with Crippen LogP contribution < -0.4 is 5.32 Å². The van der Waals surface area contributed by atoms with E-state index in [1.54, 1.807) is 11.3 Å². The van der Waals surface area contributed by atoms with Crippen molar-refractivity contribution in [3.63, 3.8) is 0 Å². The molecule has 2 unspecified atom stereocenters. The number of thiazole rings is 1. The molecule has 5 heteroatoms. The first kappa shape index (κ1) is 14.5. The van der Waals surface area contributed by atoms with E-state index < -0.39 is 0 Å². The van der Waals surface area contributed by atoms with E-state index in [-0.39, 0.29) is 5.54 Å². The van der Waals surface area contributed by atoms with Gasteiger partial charge in [0.15, 0.2) is 4.96 Å². The van der Waals surface area contributed by atoms with Gasteiger partial charge in [0.1, 0.15) is 0 Å². The molecule has 2 heterocycles. The summed E-state index contributed by atoms with van der Waals surface area (Å²) in [7, 11) is 6.35. The third-order valence-corrected chi connectivity index (χ3v) is 5.16. The lowest BCUT2D eigenvalue weighted by atomic mass is 9.85. The minimum Gasteiger partial charge on any atom is -0.315 e. The number of hydrogen-bond donors (Lipinski definition) is 1. The van der Waals surface area contributed by atoms with Gasteiger partial charge in [0, 0.05) is 35.8 Å². The van der Waals surface area contributed by atoms with Crippen molar-refractivity contribution < 1.29 is 0 Å². The van der Waals surface area contributed by atoms with Crippen LogP contribution in [0.5, 0.6) is 0 Å². The van der Waals surface area contributed by atoms with E-state index in [1.807, 2.05) is 7.05 Å². The molecule has 0 radical (unpaired) electrons. The molecule has 0 aliphatic heterocycles. The molecule has 19 heavy (non-hydrogen) atoms. The zero-order chi connectivity index (χ0) is 14.0. The third kappa shape index (κ3) is 2.68. The minimum absolute atomic E-state index is 0.131. The number of imidazole rings is 1. The Hall–Kier alpha value is -0.910. The molecular weight excluding hydrogens is 256 g/mol. The maximum absolute atomic E-state index is 4.69. The first-order valence-electron chi connectivity index (χ1n) is 6.77. The Kier molecular flexibility index (Phi) is 4.28. The van der Waals surface area contributed by atoms with Crippen molar-refractivity contribution in [1.29, 1.82) is 0 Å². The summed E-state index contributed by atoms with van der Waals surface area (Å²) in [6, 6.07) is 0.386. The van der Waals surface area contributed by atoms with Crippen molar-refractivity contribution in [1.82, 2.24) is 19.6 Å². The SMILES string of the molecule is CCC(C)(C(Cc1cn2ccsc2n1)NC)N(C)C. The van der Waals surface area contributed by atoms with Crippen molar-refractivity contribution in [2.75, 3.05) is 21.1 Å². The van der Waals surface area contributed by atoms with E-state index in [1.165, 1.54) is 0 Å². The van der Waals surface area contributed by atoms with Crippen LogP contribution in [0.2, 0.25) is 0 Å². The average Bonchev–Trinajstić information content (AvgIpc) is 2.95. The number of hydrogen-bond acceptors (Lipinski definition) is 4. The summed E-state index contributed by atoms with van der Waals surface area (Å²) >= 11 is 1.68. The van der Waals surface area contributed by atoms with Crippen LogP contribution in [0.1, 0.15) is 26.0 Å². The molecule has 4 nitrogen and oxygen atoms in total. The lowest BCUT2D eigenvalue weighted by molar-refractivity contribution is 0.116. The smallest absolute Gasteiger partial charge is 0.193 e. The number of nitrogens with one attached hydrogen (secondary N) is 1. The van der Waals surface area contributed by atoms with Crippen LogP contribution >= 0.6 is 11.3 Å². The fraction of sp³-hybridized carbons (Fsp3) is 0.643. The Bertz CT molecular complexity index is 502. The van der Waals surface area contributed by atoms with E-state index in [4.69, 9.17) is 4.98 Å². The Balaban J connectivity index is 2.20. The first-order chi connectivity index (χ1) is 9.01. The van der Waals surface area contributed by atoms with Gasteiger partial charge in [0.2, 0.25) is 0 Å². The molecule has 0 aliphatic rings. The molecule has 0 spiro atoms. The topological polar surface area (TPSA) is 32.6 Å². The molecule has 1 N–H and O–H groups in total. The van der Waals surface area contributed by atoms with Crippen molar-refractivity contribution in [3.05, 3.63) is 23.5 Å². The van der Waals surface area contributed by atoms with Gasteiger partial charge >= 0.3 is 0 Å². The van der Waals surface area contributed by atoms with Gasteiger partial charge in [0.05, 0.1) is 5.69 Å². The van der Waals surface area contributed by atoms with Gasteiger partial charge in [-0.1, -0.05) is 6.92 Å². The Morgan fingerprint density at radius 3 is 2.79 bits per heavy atom. The normalized spacial score (nSPS) is 16.9. The predicted molar refractivity (Wildman–Crippen MR) is 82.0 cm³/mol. The fourth-order valence-electron chi connectivity index (χ4n) is 2.59. The van der Waals surface area contributed by atoms with Gasteiger partial charge in [0.25, 0.3) is 0 Å². The van der Waals surface area contributed by atoms with Gasteiger partial charge < -0.3 is 10.2 Å². The second-order valence-corrected chi connectivity index (χ2v) is 6.35. The number of nitrogens with zero attached hydrogens (tertiary/aromatic N) is 3. The van der Waals surface area contributed by atoms with Crippen molar-refractivity contribution in [2.45, 2.75) is 38.3 Å². The van der Waals surface area contributed by atoms with E-state index in [0.29, 0.717) is 6.04 Å². The summed E-state index contributed by atoms with van der Waals surface area (Å²) in [5, 5.41) is 5.54. The summed E-state index contributed by atoms with van der Waals surface area (Å²) in [6.45, 7) is 4.56. The highest BCUT2D eigenvalue weighted by Gasteiger charge is 2.34. The maximum Gasteiger partial charge on any atom is 0.193 e. The van der Waals surface area contributed by atoms with Crippen molar-refractivity contribution in [2.24, 2.45) is 0 Å². The molecule has 2 atom stereocenters. The van der Waals surface area contributed by atoms with Crippen molar-refractivity contribution >= 4 is 16.3 Å². The molecule has 2 rings (SSSR count). The standard InChI is InChI=1S/C14H24N4S/c1-6-14(2,17(4)5)12(15-3)9-11-10-18-7-8-19-13(18)16-11/h7-8,10,12,15H,6,9H2,1-5H3. The highest BCUT2D eigenvalue weighted by Crippen LogP contribution is 2.24. The molecule has 2 aromatic heterocycles. The summed E-state index contributed by atoms with van der Waals surface area (Å²) in [5.74, 6) is 0. The lowest BCUT2D eigenvalue weighted by Gasteiger charge is -2.42. The highest BCUT2D eigenvalue weighted by atomic mass is 32.1. The van der Waals surface area contributed by atoms with Crippen LogP contribution in [0.25, 0.3) is 4.96 Å². The Labute approximate surface area is 119 Å². The molecular formula is C14H24N4S. The van der Waals surface area contributed by atoms with Gasteiger partial charge in [-0.15, -0.1) is 11.3 Å². The second kappa shape index (κ2) is 5.61. The quantitative estimate of drug-likeness (QED) is 0.881. The molecule has 2 aromatic rings. The van der Waals surface area contributed by atoms with E-state index in [2.05, 4.69) is 60.3 Å². The van der Waals surface area contributed by atoms with E-state index >= 15 is 0 Å². The van der Waals surface area contributed by atoms with Crippen LogP contribution in [-0.2, 0) is 6.42 Å². The zero-order valence-electron chi connectivity index (χ0n) is 12.5. The number of fused-ring (bicyclic) bond motifs is 1. The molecule has 0 bridgehead atoms. The lowest BCUT2D eigenvalue weighted by Crippen LogP contribution is -2.57. The predicted octanol–water partition coefficient (Wildman–Crippen LogP) is 2.26. The Morgan fingerprint density at radius 1 is 1.53 bits per heavy atom.